The molecular formula is C24H27N3O4S-2. The van der Waals surface area contributed by atoms with Crippen LogP contribution in [0.25, 0.3) is 10.2 Å². The first-order valence-corrected chi connectivity index (χ1v) is 10.9. The Balaban J connectivity index is 0.000000390. The molecule has 1 aromatic heterocycles. The molecule has 0 saturated heterocycles. The van der Waals surface area contributed by atoms with Gasteiger partial charge in [0.1, 0.15) is 0 Å². The van der Waals surface area contributed by atoms with Crippen LogP contribution in [0, 0.1) is 13.8 Å². The van der Waals surface area contributed by atoms with Crippen molar-refractivity contribution in [2.75, 3.05) is 32.1 Å². The van der Waals surface area contributed by atoms with Gasteiger partial charge in [0, 0.05) is 19.6 Å². The molecule has 3 rings (SSSR count). The second-order valence-corrected chi connectivity index (χ2v) is 8.66. The summed E-state index contributed by atoms with van der Waals surface area (Å²) in [5, 5.41) is 19.9. The summed E-state index contributed by atoms with van der Waals surface area (Å²) in [6, 6.07) is 15.3. The maximum Gasteiger partial charge on any atom is 0.186 e. The first-order valence-electron chi connectivity index (χ1n) is 10.1. The van der Waals surface area contributed by atoms with Crippen LogP contribution in [-0.4, -0.2) is 49.0 Å². The fourth-order valence-electron chi connectivity index (χ4n) is 2.77. The topological polar surface area (TPSA) is 99.6 Å². The van der Waals surface area contributed by atoms with E-state index in [2.05, 4.69) is 80.2 Å². The molecule has 0 unspecified atom stereocenters. The van der Waals surface area contributed by atoms with Gasteiger partial charge in [0.25, 0.3) is 0 Å². The monoisotopic (exact) mass is 453 g/mol. The third-order valence-electron chi connectivity index (χ3n) is 4.47. The summed E-state index contributed by atoms with van der Waals surface area (Å²) >= 11 is 1.78. The third-order valence-corrected chi connectivity index (χ3v) is 5.57. The lowest BCUT2D eigenvalue weighted by Gasteiger charge is -2.24. The number of carbonyl (C=O) groups is 2. The van der Waals surface area contributed by atoms with Crippen LogP contribution in [0.1, 0.15) is 16.7 Å². The van der Waals surface area contributed by atoms with E-state index >= 15 is 0 Å². The number of anilines is 1. The largest absolute Gasteiger partial charge is 0.545 e. The highest BCUT2D eigenvalue weighted by atomic mass is 32.1. The van der Waals surface area contributed by atoms with Gasteiger partial charge in [-0.15, -0.1) is 0 Å². The number of fused-ring (bicyclic) bond motifs is 1. The van der Waals surface area contributed by atoms with Crippen molar-refractivity contribution in [1.29, 1.82) is 0 Å². The van der Waals surface area contributed by atoms with Crippen LogP contribution in [0.2, 0.25) is 0 Å². The molecule has 0 fully saturated rings. The molecule has 0 aliphatic carbocycles. The van der Waals surface area contributed by atoms with Crippen LogP contribution < -0.4 is 15.1 Å². The first-order chi connectivity index (χ1) is 15.1. The van der Waals surface area contributed by atoms with Crippen LogP contribution in [0.15, 0.2) is 54.6 Å². The second kappa shape index (κ2) is 12.0. The van der Waals surface area contributed by atoms with Crippen LogP contribution in [0.4, 0.5) is 5.13 Å². The molecule has 0 atom stereocenters. The summed E-state index contributed by atoms with van der Waals surface area (Å²) in [5.41, 5.74) is 5.00. The molecule has 3 aromatic rings. The van der Waals surface area contributed by atoms with Crippen molar-refractivity contribution in [2.45, 2.75) is 20.4 Å². The SMILES string of the molecule is Cc1ccc(CN(CCN(C)C)c2nc3cc(C)ccc3s2)cc1.O=C([O-])/C=C/C(=O)[O-]. The molecule has 0 N–H and O–H groups in total. The molecule has 0 spiro atoms. The molecule has 2 aromatic carbocycles. The maximum absolute atomic E-state index is 9.41. The van der Waals surface area contributed by atoms with Crippen molar-refractivity contribution in [3.8, 4) is 0 Å². The second-order valence-electron chi connectivity index (χ2n) is 7.65. The number of carbonyl (C=O) groups excluding carboxylic acids is 2. The van der Waals surface area contributed by atoms with Gasteiger partial charge in [0.05, 0.1) is 22.2 Å². The van der Waals surface area contributed by atoms with E-state index in [1.54, 1.807) is 11.3 Å². The van der Waals surface area contributed by atoms with E-state index in [4.69, 9.17) is 4.98 Å². The summed E-state index contributed by atoms with van der Waals surface area (Å²) < 4.78 is 1.26. The van der Waals surface area contributed by atoms with E-state index < -0.39 is 11.9 Å². The number of likely N-dealkylation sites (N-methyl/N-ethyl adjacent to an activating group) is 1. The Bertz CT molecular complexity index is 1060. The lowest BCUT2D eigenvalue weighted by atomic mass is 10.1. The number of benzene rings is 2. The lowest BCUT2D eigenvalue weighted by Crippen LogP contribution is -2.31. The Kier molecular flexibility index (Phi) is 9.37. The molecular weight excluding hydrogens is 426 g/mol. The smallest absolute Gasteiger partial charge is 0.186 e. The highest BCUT2D eigenvalue weighted by molar-refractivity contribution is 7.22. The molecule has 0 aliphatic rings. The average Bonchev–Trinajstić information content (AvgIpc) is 3.14. The highest BCUT2D eigenvalue weighted by Gasteiger charge is 2.13. The zero-order valence-corrected chi connectivity index (χ0v) is 19.5. The van der Waals surface area contributed by atoms with Gasteiger partial charge in [0.15, 0.2) is 5.13 Å². The van der Waals surface area contributed by atoms with E-state index in [9.17, 15) is 19.8 Å². The van der Waals surface area contributed by atoms with Gasteiger partial charge in [-0.3, -0.25) is 0 Å². The number of aliphatic carboxylic acids is 2. The fraction of sp³-hybridized carbons (Fsp3) is 0.292. The zero-order chi connectivity index (χ0) is 23.7. The van der Waals surface area contributed by atoms with Crippen molar-refractivity contribution in [1.82, 2.24) is 9.88 Å². The van der Waals surface area contributed by atoms with Crippen molar-refractivity contribution >= 4 is 38.6 Å². The molecule has 8 heteroatoms. The minimum atomic E-state index is -1.55. The zero-order valence-electron chi connectivity index (χ0n) is 18.7. The maximum atomic E-state index is 9.41. The van der Waals surface area contributed by atoms with Gasteiger partial charge >= 0.3 is 0 Å². The molecule has 0 radical (unpaired) electrons. The predicted octanol–water partition coefficient (Wildman–Crippen LogP) is 1.52. The standard InChI is InChI=1S/C20H25N3S.C4H4O4/c1-15-5-8-17(9-6-15)14-23(12-11-22(3)4)20-21-18-13-16(2)7-10-19(18)24-20;5-3(6)1-2-4(7)8/h5-10,13H,11-12,14H2,1-4H3;1-2H,(H,5,6)(H,7,8)/p-2/b;2-1+. The van der Waals surface area contributed by atoms with E-state index in [-0.39, 0.29) is 0 Å². The highest BCUT2D eigenvalue weighted by Crippen LogP contribution is 2.30. The number of hydrogen-bond donors (Lipinski definition) is 0. The van der Waals surface area contributed by atoms with Gasteiger partial charge < -0.3 is 29.6 Å². The fourth-order valence-corrected chi connectivity index (χ4v) is 3.74. The number of nitrogens with zero attached hydrogens (tertiary/aromatic N) is 3. The summed E-state index contributed by atoms with van der Waals surface area (Å²) in [6.45, 7) is 7.13. The van der Waals surface area contributed by atoms with Crippen molar-refractivity contribution in [3.05, 3.63) is 71.3 Å². The summed E-state index contributed by atoms with van der Waals surface area (Å²) in [7, 11) is 4.23. The number of aromatic nitrogens is 1. The normalized spacial score (nSPS) is 10.9. The number of thiazole rings is 1. The van der Waals surface area contributed by atoms with Crippen LogP contribution in [0.3, 0.4) is 0 Å². The summed E-state index contributed by atoms with van der Waals surface area (Å²) in [6.07, 6.45) is 0.769. The van der Waals surface area contributed by atoms with Gasteiger partial charge in [0.2, 0.25) is 0 Å². The van der Waals surface area contributed by atoms with Crippen molar-refractivity contribution < 1.29 is 19.8 Å². The first kappa shape index (κ1) is 25.0. The van der Waals surface area contributed by atoms with Crippen LogP contribution in [-0.2, 0) is 16.1 Å². The molecule has 0 aliphatic heterocycles. The number of aryl methyl sites for hydroxylation is 2. The van der Waals surface area contributed by atoms with Gasteiger partial charge in [-0.2, -0.15) is 0 Å². The van der Waals surface area contributed by atoms with Crippen LogP contribution in [0.5, 0.6) is 0 Å². The molecule has 0 amide bonds. The van der Waals surface area contributed by atoms with Crippen molar-refractivity contribution in [3.63, 3.8) is 0 Å². The summed E-state index contributed by atoms with van der Waals surface area (Å²) in [5.74, 6) is -3.09. The van der Waals surface area contributed by atoms with Gasteiger partial charge in [-0.1, -0.05) is 47.2 Å². The molecule has 7 nitrogen and oxygen atoms in total. The number of carboxylic acids is 2. The minimum Gasteiger partial charge on any atom is -0.545 e. The predicted molar refractivity (Wildman–Crippen MR) is 124 cm³/mol. The summed E-state index contributed by atoms with van der Waals surface area (Å²) in [4.78, 5) is 28.3. The number of hydrogen-bond acceptors (Lipinski definition) is 8. The Hall–Kier alpha value is -3.23. The van der Waals surface area contributed by atoms with E-state index in [1.807, 2.05) is 0 Å². The number of rotatable bonds is 8. The molecule has 32 heavy (non-hydrogen) atoms. The minimum absolute atomic E-state index is 0.384. The van der Waals surface area contributed by atoms with Crippen molar-refractivity contribution in [2.24, 2.45) is 0 Å². The van der Waals surface area contributed by atoms with E-state index in [0.717, 1.165) is 30.3 Å². The Morgan fingerprint density at radius 1 is 0.938 bits per heavy atom. The lowest BCUT2D eigenvalue weighted by molar-refractivity contribution is -0.301. The number of carboxylic acid groups (broad SMARTS) is 2. The average molecular weight is 454 g/mol. The molecule has 0 saturated carbocycles. The van der Waals surface area contributed by atoms with E-state index in [1.165, 1.54) is 21.4 Å². The third kappa shape index (κ3) is 8.49. The molecule has 1 heterocycles. The van der Waals surface area contributed by atoms with Gasteiger partial charge in [-0.25, -0.2) is 4.98 Å². The van der Waals surface area contributed by atoms with E-state index in [0.29, 0.717) is 12.2 Å². The Morgan fingerprint density at radius 3 is 2.09 bits per heavy atom. The Morgan fingerprint density at radius 2 is 1.53 bits per heavy atom. The molecule has 0 bridgehead atoms. The Labute approximate surface area is 192 Å². The van der Waals surface area contributed by atoms with Crippen LogP contribution >= 0.6 is 11.3 Å². The molecule has 170 valence electrons. The quantitative estimate of drug-likeness (QED) is 0.477. The van der Waals surface area contributed by atoms with Gasteiger partial charge in [-0.05, 0) is 63.4 Å².